The zero-order chi connectivity index (χ0) is 17.0. The zero-order valence-corrected chi connectivity index (χ0v) is 14.9. The van der Waals surface area contributed by atoms with Crippen LogP contribution in [0.5, 0.6) is 0 Å². The molecule has 0 radical (unpaired) electrons. The molecule has 0 unspecified atom stereocenters. The highest BCUT2D eigenvalue weighted by Crippen LogP contribution is 2.18. The van der Waals surface area contributed by atoms with Gasteiger partial charge in [-0.3, -0.25) is 14.5 Å². The van der Waals surface area contributed by atoms with Crippen LogP contribution in [0.1, 0.15) is 18.4 Å². The Kier molecular flexibility index (Phi) is 5.76. The second-order valence-electron chi connectivity index (χ2n) is 5.63. The first kappa shape index (κ1) is 17.5. The zero-order valence-electron chi connectivity index (χ0n) is 13.3. The van der Waals surface area contributed by atoms with Crippen LogP contribution in [0.2, 0.25) is 0 Å². The van der Waals surface area contributed by atoms with Gasteiger partial charge < -0.3 is 9.80 Å². The standard InChI is InChI=1S/C16H20BrN3O3/c1-18(10-12-6-3-4-7-13(12)17)14(21)8-5-9-20-15(22)11-19(2)16(20)23/h3-4,6-7H,5,8-11H2,1-2H3. The minimum Gasteiger partial charge on any atom is -0.341 e. The first-order valence-electron chi connectivity index (χ1n) is 7.43. The van der Waals surface area contributed by atoms with E-state index in [1.54, 1.807) is 19.0 Å². The fraction of sp³-hybridized carbons (Fsp3) is 0.438. The molecule has 0 N–H and O–H groups in total. The lowest BCUT2D eigenvalue weighted by molar-refractivity contribution is -0.131. The first-order valence-corrected chi connectivity index (χ1v) is 8.22. The molecule has 1 fully saturated rings. The maximum absolute atomic E-state index is 12.2. The molecule has 124 valence electrons. The van der Waals surface area contributed by atoms with E-state index in [-0.39, 0.29) is 30.9 Å². The third-order valence-corrected chi connectivity index (χ3v) is 4.57. The smallest absolute Gasteiger partial charge is 0.326 e. The molecule has 1 heterocycles. The minimum absolute atomic E-state index is 0.00629. The van der Waals surface area contributed by atoms with E-state index in [0.717, 1.165) is 10.0 Å². The van der Waals surface area contributed by atoms with E-state index in [4.69, 9.17) is 0 Å². The largest absolute Gasteiger partial charge is 0.341 e. The highest BCUT2D eigenvalue weighted by atomic mass is 79.9. The predicted octanol–water partition coefficient (Wildman–Crippen LogP) is 2.08. The lowest BCUT2D eigenvalue weighted by Gasteiger charge is -2.19. The number of benzene rings is 1. The fourth-order valence-corrected chi connectivity index (χ4v) is 2.85. The van der Waals surface area contributed by atoms with Gasteiger partial charge in [-0.1, -0.05) is 34.1 Å². The molecule has 23 heavy (non-hydrogen) atoms. The number of nitrogens with zero attached hydrogens (tertiary/aromatic N) is 3. The van der Waals surface area contributed by atoms with Crippen molar-refractivity contribution in [3.8, 4) is 0 Å². The monoisotopic (exact) mass is 381 g/mol. The lowest BCUT2D eigenvalue weighted by atomic mass is 10.2. The van der Waals surface area contributed by atoms with E-state index in [2.05, 4.69) is 15.9 Å². The van der Waals surface area contributed by atoms with Gasteiger partial charge >= 0.3 is 6.03 Å². The Morgan fingerprint density at radius 2 is 2.00 bits per heavy atom. The molecule has 1 aromatic rings. The van der Waals surface area contributed by atoms with Gasteiger partial charge in [0.1, 0.15) is 6.54 Å². The molecule has 1 saturated heterocycles. The van der Waals surface area contributed by atoms with Crippen LogP contribution in [0.15, 0.2) is 28.7 Å². The Labute approximate surface area is 144 Å². The summed E-state index contributed by atoms with van der Waals surface area (Å²) < 4.78 is 0.968. The van der Waals surface area contributed by atoms with Crippen LogP contribution in [0.4, 0.5) is 4.79 Å². The third kappa shape index (κ3) is 4.31. The molecule has 6 nitrogen and oxygen atoms in total. The van der Waals surface area contributed by atoms with E-state index in [0.29, 0.717) is 19.4 Å². The van der Waals surface area contributed by atoms with Crippen molar-refractivity contribution in [3.63, 3.8) is 0 Å². The molecule has 7 heteroatoms. The van der Waals surface area contributed by atoms with Gasteiger partial charge in [0.25, 0.3) is 0 Å². The number of hydrogen-bond acceptors (Lipinski definition) is 3. The summed E-state index contributed by atoms with van der Waals surface area (Å²) in [5, 5.41) is 0. The maximum atomic E-state index is 12.2. The molecule has 1 aliphatic rings. The summed E-state index contributed by atoms with van der Waals surface area (Å²) in [6, 6.07) is 7.47. The average molecular weight is 382 g/mol. The maximum Gasteiger partial charge on any atom is 0.326 e. The Balaban J connectivity index is 1.80. The van der Waals surface area contributed by atoms with Gasteiger partial charge in [0.2, 0.25) is 11.8 Å². The molecule has 0 atom stereocenters. The molecule has 0 aromatic heterocycles. The lowest BCUT2D eigenvalue weighted by Crippen LogP contribution is -2.33. The average Bonchev–Trinajstić information content (AvgIpc) is 2.75. The van der Waals surface area contributed by atoms with Crippen LogP contribution in [0.3, 0.4) is 0 Å². The van der Waals surface area contributed by atoms with E-state index in [9.17, 15) is 14.4 Å². The van der Waals surface area contributed by atoms with E-state index in [1.165, 1.54) is 9.80 Å². The number of imide groups is 1. The van der Waals surface area contributed by atoms with Gasteiger partial charge in [-0.2, -0.15) is 0 Å². The highest BCUT2D eigenvalue weighted by Gasteiger charge is 2.32. The molecule has 4 amide bonds. The second kappa shape index (κ2) is 7.59. The number of halogens is 1. The van der Waals surface area contributed by atoms with Crippen LogP contribution in [0, 0.1) is 0 Å². The van der Waals surface area contributed by atoms with Crippen LogP contribution in [-0.2, 0) is 16.1 Å². The van der Waals surface area contributed by atoms with E-state index < -0.39 is 0 Å². The Morgan fingerprint density at radius 1 is 1.30 bits per heavy atom. The van der Waals surface area contributed by atoms with Crippen LogP contribution in [0.25, 0.3) is 0 Å². The van der Waals surface area contributed by atoms with E-state index in [1.807, 2.05) is 24.3 Å². The van der Waals surface area contributed by atoms with Crippen LogP contribution < -0.4 is 0 Å². The number of rotatable bonds is 6. The number of likely N-dealkylation sites (N-methyl/N-ethyl adjacent to an activating group) is 1. The molecule has 0 spiro atoms. The molecule has 0 bridgehead atoms. The number of carbonyl (C=O) groups excluding carboxylic acids is 3. The van der Waals surface area contributed by atoms with Gasteiger partial charge in [0.05, 0.1) is 0 Å². The summed E-state index contributed by atoms with van der Waals surface area (Å²) in [7, 11) is 3.35. The first-order chi connectivity index (χ1) is 10.9. The molecule has 2 rings (SSSR count). The quantitative estimate of drug-likeness (QED) is 0.708. The van der Waals surface area contributed by atoms with Crippen molar-refractivity contribution in [3.05, 3.63) is 34.3 Å². The summed E-state index contributed by atoms with van der Waals surface area (Å²) in [5.41, 5.74) is 1.04. The highest BCUT2D eigenvalue weighted by molar-refractivity contribution is 9.10. The van der Waals surface area contributed by atoms with Crippen molar-refractivity contribution in [2.75, 3.05) is 27.2 Å². The minimum atomic E-state index is -0.288. The van der Waals surface area contributed by atoms with Gasteiger partial charge in [-0.25, -0.2) is 4.79 Å². The molecular weight excluding hydrogens is 362 g/mol. The van der Waals surface area contributed by atoms with Crippen molar-refractivity contribution in [1.82, 2.24) is 14.7 Å². The second-order valence-corrected chi connectivity index (χ2v) is 6.48. The Morgan fingerprint density at radius 3 is 2.61 bits per heavy atom. The SMILES string of the molecule is CN(Cc1ccccc1Br)C(=O)CCCN1C(=O)CN(C)C1=O. The number of urea groups is 1. The number of carbonyl (C=O) groups is 3. The summed E-state index contributed by atoms with van der Waals surface area (Å²) in [6.45, 7) is 0.926. The summed E-state index contributed by atoms with van der Waals surface area (Å²) >= 11 is 3.47. The summed E-state index contributed by atoms with van der Waals surface area (Å²) in [5.74, 6) is -0.209. The topological polar surface area (TPSA) is 60.9 Å². The van der Waals surface area contributed by atoms with Crippen molar-refractivity contribution in [2.45, 2.75) is 19.4 Å². The van der Waals surface area contributed by atoms with Crippen LogP contribution in [-0.4, -0.2) is 59.7 Å². The van der Waals surface area contributed by atoms with Gasteiger partial charge in [0.15, 0.2) is 0 Å². The molecule has 1 aromatic carbocycles. The normalized spacial score (nSPS) is 14.6. The van der Waals surface area contributed by atoms with Crippen molar-refractivity contribution < 1.29 is 14.4 Å². The summed E-state index contributed by atoms with van der Waals surface area (Å²) in [4.78, 5) is 39.8. The Hall–Kier alpha value is -1.89. The molecule has 0 saturated carbocycles. The van der Waals surface area contributed by atoms with Gasteiger partial charge in [-0.05, 0) is 18.1 Å². The van der Waals surface area contributed by atoms with Gasteiger partial charge in [0, 0.05) is 38.1 Å². The fourth-order valence-electron chi connectivity index (χ4n) is 2.44. The Bertz CT molecular complexity index is 620. The number of hydrogen-bond donors (Lipinski definition) is 0. The number of amides is 4. The predicted molar refractivity (Wildman–Crippen MR) is 89.6 cm³/mol. The molecular formula is C16H20BrN3O3. The van der Waals surface area contributed by atoms with Crippen molar-refractivity contribution in [2.24, 2.45) is 0 Å². The van der Waals surface area contributed by atoms with Crippen LogP contribution >= 0.6 is 15.9 Å². The molecule has 1 aliphatic heterocycles. The third-order valence-electron chi connectivity index (χ3n) is 3.79. The molecule has 0 aliphatic carbocycles. The van der Waals surface area contributed by atoms with E-state index >= 15 is 0 Å². The van der Waals surface area contributed by atoms with Crippen molar-refractivity contribution >= 4 is 33.8 Å². The summed E-state index contributed by atoms with van der Waals surface area (Å²) in [6.07, 6.45) is 0.784. The van der Waals surface area contributed by atoms with Gasteiger partial charge in [-0.15, -0.1) is 0 Å². The van der Waals surface area contributed by atoms with Crippen molar-refractivity contribution in [1.29, 1.82) is 0 Å².